The van der Waals surface area contributed by atoms with Crippen molar-refractivity contribution in [2.24, 2.45) is 0 Å². The average Bonchev–Trinajstić information content (AvgIpc) is 3.29. The van der Waals surface area contributed by atoms with E-state index in [1.54, 1.807) is 17.5 Å². The minimum atomic E-state index is -4.44. The molecule has 28 heavy (non-hydrogen) atoms. The SMILES string of the molecule is O=C(Nc1nc(CCO)cs1)c1ccc(CNc2ccccc2C(F)(F)F)s1. The highest BCUT2D eigenvalue weighted by molar-refractivity contribution is 7.15. The van der Waals surface area contributed by atoms with Gasteiger partial charge in [-0.05, 0) is 24.3 Å². The Labute approximate surface area is 166 Å². The zero-order chi connectivity index (χ0) is 20.1. The Bertz CT molecular complexity index is 953. The van der Waals surface area contributed by atoms with Crippen molar-refractivity contribution in [3.63, 3.8) is 0 Å². The second-order valence-electron chi connectivity index (χ2n) is 5.73. The van der Waals surface area contributed by atoms with Gasteiger partial charge in [-0.25, -0.2) is 4.98 Å². The number of thiophene rings is 1. The van der Waals surface area contributed by atoms with Gasteiger partial charge in [0.2, 0.25) is 0 Å². The molecule has 2 aromatic heterocycles. The summed E-state index contributed by atoms with van der Waals surface area (Å²) < 4.78 is 39.1. The molecule has 148 valence electrons. The monoisotopic (exact) mass is 427 g/mol. The highest BCUT2D eigenvalue weighted by Crippen LogP contribution is 2.35. The molecule has 0 bridgehead atoms. The maximum Gasteiger partial charge on any atom is 0.418 e. The maximum absolute atomic E-state index is 13.0. The fourth-order valence-electron chi connectivity index (χ4n) is 2.41. The van der Waals surface area contributed by atoms with E-state index in [9.17, 15) is 18.0 Å². The van der Waals surface area contributed by atoms with Crippen molar-refractivity contribution in [1.29, 1.82) is 0 Å². The van der Waals surface area contributed by atoms with Crippen LogP contribution in [0.15, 0.2) is 41.8 Å². The fraction of sp³-hybridized carbons (Fsp3) is 0.222. The number of alkyl halides is 3. The van der Waals surface area contributed by atoms with Crippen LogP contribution in [0.1, 0.15) is 25.8 Å². The number of aliphatic hydroxyl groups excluding tert-OH is 1. The lowest BCUT2D eigenvalue weighted by molar-refractivity contribution is -0.137. The van der Waals surface area contributed by atoms with Crippen LogP contribution in [0.2, 0.25) is 0 Å². The lowest BCUT2D eigenvalue weighted by Gasteiger charge is -2.13. The van der Waals surface area contributed by atoms with E-state index < -0.39 is 11.7 Å². The van der Waals surface area contributed by atoms with Gasteiger partial charge in [0.25, 0.3) is 5.91 Å². The number of halogens is 3. The maximum atomic E-state index is 13.0. The number of amides is 1. The lowest BCUT2D eigenvalue weighted by atomic mass is 10.1. The zero-order valence-corrected chi connectivity index (χ0v) is 16.0. The number of aromatic nitrogens is 1. The molecular formula is C18H16F3N3O2S2. The molecule has 0 aliphatic carbocycles. The van der Waals surface area contributed by atoms with Gasteiger partial charge in [-0.1, -0.05) is 12.1 Å². The number of nitrogens with zero attached hydrogens (tertiary/aromatic N) is 1. The summed E-state index contributed by atoms with van der Waals surface area (Å²) in [5, 5.41) is 16.5. The molecule has 0 atom stereocenters. The topological polar surface area (TPSA) is 74.2 Å². The highest BCUT2D eigenvalue weighted by Gasteiger charge is 2.33. The number of anilines is 2. The van der Waals surface area contributed by atoms with Crippen molar-refractivity contribution in [3.8, 4) is 0 Å². The van der Waals surface area contributed by atoms with Gasteiger partial charge in [-0.3, -0.25) is 10.1 Å². The number of para-hydroxylation sites is 1. The molecule has 1 aromatic carbocycles. The van der Waals surface area contributed by atoms with Gasteiger partial charge in [0.1, 0.15) is 0 Å². The first-order valence-corrected chi connectivity index (χ1v) is 9.92. The number of hydrogen-bond acceptors (Lipinski definition) is 6. The Balaban J connectivity index is 1.62. The van der Waals surface area contributed by atoms with E-state index in [0.29, 0.717) is 22.1 Å². The van der Waals surface area contributed by atoms with E-state index in [0.717, 1.165) is 10.9 Å². The van der Waals surface area contributed by atoms with Gasteiger partial charge < -0.3 is 10.4 Å². The smallest absolute Gasteiger partial charge is 0.396 e. The molecule has 3 rings (SSSR count). The summed E-state index contributed by atoms with van der Waals surface area (Å²) in [6.45, 7) is 0.152. The van der Waals surface area contributed by atoms with E-state index in [4.69, 9.17) is 5.11 Å². The molecule has 0 saturated carbocycles. The van der Waals surface area contributed by atoms with E-state index >= 15 is 0 Å². The van der Waals surface area contributed by atoms with Gasteiger partial charge in [-0.15, -0.1) is 22.7 Å². The molecule has 5 nitrogen and oxygen atoms in total. The third-order valence-electron chi connectivity index (χ3n) is 3.71. The van der Waals surface area contributed by atoms with Crippen molar-refractivity contribution in [2.75, 3.05) is 17.2 Å². The fourth-order valence-corrected chi connectivity index (χ4v) is 4.00. The number of nitrogens with one attached hydrogen (secondary N) is 2. The molecule has 0 aliphatic heterocycles. The predicted molar refractivity (Wildman–Crippen MR) is 104 cm³/mol. The molecule has 0 aliphatic rings. The highest BCUT2D eigenvalue weighted by atomic mass is 32.1. The first-order valence-electron chi connectivity index (χ1n) is 8.22. The molecule has 0 unspecified atom stereocenters. The Morgan fingerprint density at radius 3 is 2.71 bits per heavy atom. The Kier molecular flexibility index (Phi) is 6.32. The molecule has 0 spiro atoms. The van der Waals surface area contributed by atoms with Crippen LogP contribution in [-0.2, 0) is 19.1 Å². The molecule has 2 heterocycles. The summed E-state index contributed by atoms with van der Waals surface area (Å²) >= 11 is 2.45. The van der Waals surface area contributed by atoms with Crippen LogP contribution < -0.4 is 10.6 Å². The molecule has 1 amide bonds. The van der Waals surface area contributed by atoms with Crippen molar-refractivity contribution in [1.82, 2.24) is 4.98 Å². The third-order valence-corrected chi connectivity index (χ3v) is 5.60. The Morgan fingerprint density at radius 2 is 1.96 bits per heavy atom. The van der Waals surface area contributed by atoms with Crippen LogP contribution in [-0.4, -0.2) is 22.6 Å². The first kappa shape index (κ1) is 20.3. The second kappa shape index (κ2) is 8.72. The number of thiazole rings is 1. The van der Waals surface area contributed by atoms with Crippen LogP contribution in [0, 0.1) is 0 Å². The summed E-state index contributed by atoms with van der Waals surface area (Å²) in [5.74, 6) is -0.336. The van der Waals surface area contributed by atoms with Crippen LogP contribution in [0.3, 0.4) is 0 Å². The zero-order valence-electron chi connectivity index (χ0n) is 14.4. The number of benzene rings is 1. The predicted octanol–water partition coefficient (Wildman–Crippen LogP) is 4.62. The summed E-state index contributed by atoms with van der Waals surface area (Å²) in [4.78, 5) is 17.6. The van der Waals surface area contributed by atoms with Gasteiger partial charge in [-0.2, -0.15) is 13.2 Å². The lowest BCUT2D eigenvalue weighted by Crippen LogP contribution is -2.10. The quantitative estimate of drug-likeness (QED) is 0.514. The van der Waals surface area contributed by atoms with Crippen LogP contribution in [0.5, 0.6) is 0 Å². The molecule has 0 saturated heterocycles. The molecule has 3 N–H and O–H groups in total. The number of aliphatic hydroxyl groups is 1. The minimum Gasteiger partial charge on any atom is -0.396 e. The van der Waals surface area contributed by atoms with Crippen molar-refractivity contribution < 1.29 is 23.1 Å². The molecule has 10 heteroatoms. The van der Waals surface area contributed by atoms with E-state index in [-0.39, 0.29) is 24.7 Å². The van der Waals surface area contributed by atoms with Gasteiger partial charge in [0.05, 0.1) is 16.1 Å². The van der Waals surface area contributed by atoms with E-state index in [1.165, 1.54) is 40.9 Å². The summed E-state index contributed by atoms with van der Waals surface area (Å²) in [6.07, 6.45) is -4.02. The standard InChI is InChI=1S/C18H16F3N3O2S2/c19-18(20,21)13-3-1-2-4-14(13)22-9-12-5-6-15(28-12)16(26)24-17-23-11(7-8-25)10-27-17/h1-6,10,22,25H,7-9H2,(H,23,24,26). The summed E-state index contributed by atoms with van der Waals surface area (Å²) in [7, 11) is 0. The van der Waals surface area contributed by atoms with Crippen LogP contribution in [0.25, 0.3) is 0 Å². The number of carbonyl (C=O) groups is 1. The van der Waals surface area contributed by atoms with Crippen molar-refractivity contribution in [3.05, 3.63) is 62.8 Å². The Hall–Kier alpha value is -2.43. The number of rotatable bonds is 7. The van der Waals surface area contributed by atoms with Crippen LogP contribution >= 0.6 is 22.7 Å². The summed E-state index contributed by atoms with van der Waals surface area (Å²) in [5.41, 5.74) is -0.0391. The largest absolute Gasteiger partial charge is 0.418 e. The van der Waals surface area contributed by atoms with Crippen LogP contribution in [0.4, 0.5) is 24.0 Å². The van der Waals surface area contributed by atoms with E-state index in [2.05, 4.69) is 15.6 Å². The van der Waals surface area contributed by atoms with Gasteiger partial charge in [0.15, 0.2) is 5.13 Å². The molecule has 0 fully saturated rings. The Morgan fingerprint density at radius 1 is 1.18 bits per heavy atom. The first-order chi connectivity index (χ1) is 13.4. The van der Waals surface area contributed by atoms with Crippen molar-refractivity contribution >= 4 is 39.4 Å². The van der Waals surface area contributed by atoms with Gasteiger partial charge >= 0.3 is 6.18 Å². The second-order valence-corrected chi connectivity index (χ2v) is 7.76. The van der Waals surface area contributed by atoms with Gasteiger partial charge in [0, 0.05) is 35.5 Å². The minimum absolute atomic E-state index is 0.00593. The third kappa shape index (κ3) is 5.09. The number of hydrogen-bond donors (Lipinski definition) is 3. The number of carbonyl (C=O) groups excluding carboxylic acids is 1. The van der Waals surface area contributed by atoms with Crippen molar-refractivity contribution in [2.45, 2.75) is 19.1 Å². The molecule has 0 radical (unpaired) electrons. The average molecular weight is 427 g/mol. The summed E-state index contributed by atoms with van der Waals surface area (Å²) in [6, 6.07) is 8.58. The molecular weight excluding hydrogens is 411 g/mol. The molecule has 3 aromatic rings. The van der Waals surface area contributed by atoms with E-state index in [1.807, 2.05) is 0 Å². The normalized spacial score (nSPS) is 11.4.